The molecule has 0 fully saturated rings. The molecule has 0 unspecified atom stereocenters. The smallest absolute Gasteiger partial charge is 0.219 e. The van der Waals surface area contributed by atoms with Crippen LogP contribution in [0.4, 0.5) is 0 Å². The van der Waals surface area contributed by atoms with Gasteiger partial charge in [0, 0.05) is 12.3 Å². The van der Waals surface area contributed by atoms with Crippen molar-refractivity contribution in [3.05, 3.63) is 48.7 Å². The number of ether oxygens (including phenoxy) is 2. The van der Waals surface area contributed by atoms with Crippen LogP contribution < -0.4 is 9.47 Å². The Labute approximate surface area is 107 Å². The lowest BCUT2D eigenvalue weighted by Crippen LogP contribution is -2.04. The first-order valence-electron chi connectivity index (χ1n) is 6.06. The molecule has 0 aliphatic heterocycles. The van der Waals surface area contributed by atoms with E-state index >= 15 is 0 Å². The quantitative estimate of drug-likeness (QED) is 0.797. The third-order valence-corrected chi connectivity index (χ3v) is 2.27. The summed E-state index contributed by atoms with van der Waals surface area (Å²) in [5, 5.41) is 0. The second-order valence-electron chi connectivity index (χ2n) is 4.45. The first-order chi connectivity index (χ1) is 8.74. The van der Waals surface area contributed by atoms with Crippen molar-refractivity contribution in [1.29, 1.82) is 0 Å². The molecule has 2 aromatic rings. The van der Waals surface area contributed by atoms with E-state index in [1.165, 1.54) is 0 Å². The summed E-state index contributed by atoms with van der Waals surface area (Å²) in [6.07, 6.45) is 1.70. The Balaban J connectivity index is 1.95. The molecule has 18 heavy (non-hydrogen) atoms. The van der Waals surface area contributed by atoms with E-state index in [0.29, 0.717) is 11.8 Å². The van der Waals surface area contributed by atoms with Crippen molar-refractivity contribution in [1.82, 2.24) is 4.98 Å². The molecule has 94 valence electrons. The molecule has 3 heteroatoms. The van der Waals surface area contributed by atoms with Crippen molar-refractivity contribution in [2.75, 3.05) is 6.61 Å². The summed E-state index contributed by atoms with van der Waals surface area (Å²) in [4.78, 5) is 4.10. The molecule has 0 spiro atoms. The number of hydrogen-bond donors (Lipinski definition) is 0. The van der Waals surface area contributed by atoms with Crippen LogP contribution in [-0.2, 0) is 0 Å². The standard InChI is InChI=1S/C15H17NO2/c1-12(2)11-17-13-6-8-14(9-7-13)18-15-5-3-4-10-16-15/h3-10,12H,11H2,1-2H3. The van der Waals surface area contributed by atoms with Crippen LogP contribution in [-0.4, -0.2) is 11.6 Å². The van der Waals surface area contributed by atoms with Gasteiger partial charge in [-0.3, -0.25) is 0 Å². The minimum atomic E-state index is 0.523. The zero-order valence-corrected chi connectivity index (χ0v) is 10.7. The lowest BCUT2D eigenvalue weighted by atomic mass is 10.2. The van der Waals surface area contributed by atoms with Crippen molar-refractivity contribution in [2.24, 2.45) is 5.92 Å². The number of benzene rings is 1. The van der Waals surface area contributed by atoms with E-state index in [1.54, 1.807) is 6.20 Å². The number of nitrogens with zero attached hydrogens (tertiary/aromatic N) is 1. The summed E-state index contributed by atoms with van der Waals surface area (Å²) in [7, 11) is 0. The molecule has 1 aromatic heterocycles. The molecule has 0 atom stereocenters. The Kier molecular flexibility index (Phi) is 4.18. The molecular formula is C15H17NO2. The first-order valence-corrected chi connectivity index (χ1v) is 6.06. The molecule has 0 saturated heterocycles. The van der Waals surface area contributed by atoms with Crippen molar-refractivity contribution >= 4 is 0 Å². The predicted molar refractivity (Wildman–Crippen MR) is 71.1 cm³/mol. The van der Waals surface area contributed by atoms with Gasteiger partial charge in [0.1, 0.15) is 11.5 Å². The summed E-state index contributed by atoms with van der Waals surface area (Å²) in [6.45, 7) is 4.97. The summed E-state index contributed by atoms with van der Waals surface area (Å²) >= 11 is 0. The average Bonchev–Trinajstić information content (AvgIpc) is 2.39. The van der Waals surface area contributed by atoms with E-state index in [9.17, 15) is 0 Å². The number of hydrogen-bond acceptors (Lipinski definition) is 3. The molecule has 0 bridgehead atoms. The van der Waals surface area contributed by atoms with Gasteiger partial charge in [0.05, 0.1) is 6.61 Å². The van der Waals surface area contributed by atoms with Crippen LogP contribution in [0, 0.1) is 5.92 Å². The lowest BCUT2D eigenvalue weighted by Gasteiger charge is -2.09. The van der Waals surface area contributed by atoms with Crippen molar-refractivity contribution < 1.29 is 9.47 Å². The summed E-state index contributed by atoms with van der Waals surface area (Å²) in [5.41, 5.74) is 0. The average molecular weight is 243 g/mol. The fraction of sp³-hybridized carbons (Fsp3) is 0.267. The van der Waals surface area contributed by atoms with Gasteiger partial charge in [0.2, 0.25) is 5.88 Å². The largest absolute Gasteiger partial charge is 0.493 e. The number of aromatic nitrogens is 1. The third-order valence-electron chi connectivity index (χ3n) is 2.27. The van der Waals surface area contributed by atoms with Crippen LogP contribution in [0.15, 0.2) is 48.7 Å². The van der Waals surface area contributed by atoms with Gasteiger partial charge in [-0.15, -0.1) is 0 Å². The van der Waals surface area contributed by atoms with E-state index in [0.717, 1.165) is 18.1 Å². The van der Waals surface area contributed by atoms with Gasteiger partial charge >= 0.3 is 0 Å². The molecule has 0 radical (unpaired) electrons. The highest BCUT2D eigenvalue weighted by Crippen LogP contribution is 2.22. The Hall–Kier alpha value is -2.03. The summed E-state index contributed by atoms with van der Waals surface area (Å²) in [6, 6.07) is 13.1. The maximum absolute atomic E-state index is 5.60. The molecule has 0 saturated carbocycles. The van der Waals surface area contributed by atoms with Gasteiger partial charge in [-0.2, -0.15) is 0 Å². The predicted octanol–water partition coefficient (Wildman–Crippen LogP) is 3.91. The molecule has 0 aliphatic carbocycles. The number of pyridine rings is 1. The first kappa shape index (κ1) is 12.4. The van der Waals surface area contributed by atoms with Crippen LogP contribution in [0.2, 0.25) is 0 Å². The normalized spacial score (nSPS) is 10.4. The second kappa shape index (κ2) is 6.05. The molecule has 2 rings (SSSR count). The topological polar surface area (TPSA) is 31.4 Å². The third kappa shape index (κ3) is 3.77. The maximum Gasteiger partial charge on any atom is 0.219 e. The van der Waals surface area contributed by atoms with E-state index in [1.807, 2.05) is 42.5 Å². The molecule has 1 aromatic carbocycles. The molecule has 0 aliphatic rings. The minimum absolute atomic E-state index is 0.523. The monoisotopic (exact) mass is 243 g/mol. The fourth-order valence-electron chi connectivity index (χ4n) is 1.40. The van der Waals surface area contributed by atoms with Gasteiger partial charge in [0.25, 0.3) is 0 Å². The van der Waals surface area contributed by atoms with Gasteiger partial charge in [-0.1, -0.05) is 19.9 Å². The van der Waals surface area contributed by atoms with E-state index in [2.05, 4.69) is 18.8 Å². The van der Waals surface area contributed by atoms with Crippen molar-refractivity contribution in [3.8, 4) is 17.4 Å². The highest BCUT2D eigenvalue weighted by molar-refractivity contribution is 5.33. The molecule has 0 amide bonds. The van der Waals surface area contributed by atoms with Crippen LogP contribution in [0.5, 0.6) is 17.4 Å². The molecular weight excluding hydrogens is 226 g/mol. The van der Waals surface area contributed by atoms with Crippen LogP contribution in [0.3, 0.4) is 0 Å². The van der Waals surface area contributed by atoms with Crippen molar-refractivity contribution in [2.45, 2.75) is 13.8 Å². The maximum atomic E-state index is 5.60. The molecule has 3 nitrogen and oxygen atoms in total. The van der Waals surface area contributed by atoms with Gasteiger partial charge in [0.15, 0.2) is 0 Å². The van der Waals surface area contributed by atoms with Gasteiger partial charge in [-0.25, -0.2) is 4.98 Å². The van der Waals surface area contributed by atoms with Gasteiger partial charge < -0.3 is 9.47 Å². The molecule has 1 heterocycles. The Morgan fingerprint density at radius 2 is 1.72 bits per heavy atom. The zero-order chi connectivity index (χ0) is 12.8. The highest BCUT2D eigenvalue weighted by Gasteiger charge is 2.00. The summed E-state index contributed by atoms with van der Waals surface area (Å²) in [5.74, 6) is 2.73. The second-order valence-corrected chi connectivity index (χ2v) is 4.45. The number of rotatable bonds is 5. The van der Waals surface area contributed by atoms with Gasteiger partial charge in [-0.05, 0) is 36.2 Å². The zero-order valence-electron chi connectivity index (χ0n) is 10.7. The highest BCUT2D eigenvalue weighted by atomic mass is 16.5. The SMILES string of the molecule is CC(C)COc1ccc(Oc2ccccn2)cc1. The van der Waals surface area contributed by atoms with E-state index in [4.69, 9.17) is 9.47 Å². The Bertz CT molecular complexity index is 466. The lowest BCUT2D eigenvalue weighted by molar-refractivity contribution is 0.271. The van der Waals surface area contributed by atoms with Crippen LogP contribution >= 0.6 is 0 Å². The van der Waals surface area contributed by atoms with Crippen LogP contribution in [0.25, 0.3) is 0 Å². The fourth-order valence-corrected chi connectivity index (χ4v) is 1.40. The van der Waals surface area contributed by atoms with E-state index < -0.39 is 0 Å². The van der Waals surface area contributed by atoms with E-state index in [-0.39, 0.29) is 0 Å². The van der Waals surface area contributed by atoms with Crippen LogP contribution in [0.1, 0.15) is 13.8 Å². The summed E-state index contributed by atoms with van der Waals surface area (Å²) < 4.78 is 11.2. The Morgan fingerprint density at radius 1 is 1.00 bits per heavy atom. The minimum Gasteiger partial charge on any atom is -0.493 e. The van der Waals surface area contributed by atoms with Crippen molar-refractivity contribution in [3.63, 3.8) is 0 Å². The molecule has 0 N–H and O–H groups in total. The Morgan fingerprint density at radius 3 is 2.33 bits per heavy atom.